The van der Waals surface area contributed by atoms with Crippen molar-refractivity contribution in [3.63, 3.8) is 0 Å². The summed E-state index contributed by atoms with van der Waals surface area (Å²) in [6.07, 6.45) is 2.02. The SMILES string of the molecule is CC(OC(=O)c1cccnc1)C(=O)N(c1ccccc1)c1ccccc1. The summed E-state index contributed by atoms with van der Waals surface area (Å²) < 4.78 is 5.35. The highest BCUT2D eigenvalue weighted by Crippen LogP contribution is 2.26. The minimum absolute atomic E-state index is 0.304. The summed E-state index contributed by atoms with van der Waals surface area (Å²) in [4.78, 5) is 30.7. The fourth-order valence-corrected chi connectivity index (χ4v) is 2.50. The van der Waals surface area contributed by atoms with Gasteiger partial charge in [0.15, 0.2) is 6.10 Å². The van der Waals surface area contributed by atoms with Crippen molar-refractivity contribution in [2.75, 3.05) is 4.90 Å². The van der Waals surface area contributed by atoms with Gasteiger partial charge in [-0.1, -0.05) is 36.4 Å². The smallest absolute Gasteiger partial charge is 0.340 e. The van der Waals surface area contributed by atoms with Crippen molar-refractivity contribution in [3.05, 3.63) is 90.8 Å². The Morgan fingerprint density at radius 1 is 0.885 bits per heavy atom. The highest BCUT2D eigenvalue weighted by molar-refractivity contribution is 6.04. The number of ether oxygens (including phenoxy) is 1. The maximum atomic E-state index is 13.0. The Morgan fingerprint density at radius 2 is 1.46 bits per heavy atom. The van der Waals surface area contributed by atoms with Gasteiger partial charge in [-0.3, -0.25) is 14.7 Å². The molecule has 0 fully saturated rings. The topological polar surface area (TPSA) is 59.5 Å². The number of benzene rings is 2. The van der Waals surface area contributed by atoms with E-state index >= 15 is 0 Å². The maximum absolute atomic E-state index is 13.0. The van der Waals surface area contributed by atoms with Gasteiger partial charge in [-0.15, -0.1) is 0 Å². The van der Waals surface area contributed by atoms with Gasteiger partial charge in [-0.25, -0.2) is 4.79 Å². The maximum Gasteiger partial charge on any atom is 0.340 e. The highest BCUT2D eigenvalue weighted by Gasteiger charge is 2.26. The average molecular weight is 346 g/mol. The predicted molar refractivity (Wildman–Crippen MR) is 99.1 cm³/mol. The average Bonchev–Trinajstić information content (AvgIpc) is 2.70. The van der Waals surface area contributed by atoms with E-state index in [9.17, 15) is 9.59 Å². The van der Waals surface area contributed by atoms with Crippen LogP contribution in [0.15, 0.2) is 85.2 Å². The standard InChI is InChI=1S/C21H18N2O3/c1-16(26-21(25)17-9-8-14-22-15-17)20(24)23(18-10-4-2-5-11-18)19-12-6-3-7-13-19/h2-16H,1H3. The molecule has 1 atom stereocenters. The number of aromatic nitrogens is 1. The number of hydrogen-bond acceptors (Lipinski definition) is 4. The number of pyridine rings is 1. The van der Waals surface area contributed by atoms with E-state index in [0.717, 1.165) is 0 Å². The first-order valence-electron chi connectivity index (χ1n) is 8.22. The van der Waals surface area contributed by atoms with Crippen LogP contribution in [0, 0.1) is 0 Å². The van der Waals surface area contributed by atoms with Crippen molar-refractivity contribution in [1.29, 1.82) is 0 Å². The van der Waals surface area contributed by atoms with Gasteiger partial charge in [-0.05, 0) is 43.3 Å². The molecule has 5 heteroatoms. The van der Waals surface area contributed by atoms with E-state index in [1.54, 1.807) is 30.2 Å². The van der Waals surface area contributed by atoms with Crippen molar-refractivity contribution in [2.45, 2.75) is 13.0 Å². The number of esters is 1. The Labute approximate surface area is 151 Å². The van der Waals surface area contributed by atoms with Gasteiger partial charge in [0.25, 0.3) is 5.91 Å². The molecule has 1 amide bonds. The monoisotopic (exact) mass is 346 g/mol. The summed E-state index contributed by atoms with van der Waals surface area (Å²) in [6, 6.07) is 21.7. The fraction of sp³-hybridized carbons (Fsp3) is 0.0952. The van der Waals surface area contributed by atoms with Crippen LogP contribution in [0.2, 0.25) is 0 Å². The van der Waals surface area contributed by atoms with Crippen molar-refractivity contribution >= 4 is 23.3 Å². The van der Waals surface area contributed by atoms with Crippen LogP contribution in [0.3, 0.4) is 0 Å². The van der Waals surface area contributed by atoms with E-state index in [1.165, 1.54) is 6.20 Å². The molecule has 1 unspecified atom stereocenters. The van der Waals surface area contributed by atoms with E-state index < -0.39 is 12.1 Å². The van der Waals surface area contributed by atoms with E-state index in [2.05, 4.69) is 4.98 Å². The molecule has 0 saturated carbocycles. The van der Waals surface area contributed by atoms with Crippen molar-refractivity contribution < 1.29 is 14.3 Å². The van der Waals surface area contributed by atoms with Gasteiger partial charge in [0.05, 0.1) is 5.56 Å². The van der Waals surface area contributed by atoms with Crippen LogP contribution in [-0.2, 0) is 9.53 Å². The van der Waals surface area contributed by atoms with Crippen LogP contribution >= 0.6 is 0 Å². The minimum atomic E-state index is -0.955. The Hall–Kier alpha value is -3.47. The number of carbonyl (C=O) groups is 2. The second-order valence-corrected chi connectivity index (χ2v) is 5.63. The van der Waals surface area contributed by atoms with Crippen molar-refractivity contribution in [3.8, 4) is 0 Å². The number of nitrogens with zero attached hydrogens (tertiary/aromatic N) is 2. The lowest BCUT2D eigenvalue weighted by atomic mass is 10.2. The zero-order valence-electron chi connectivity index (χ0n) is 14.3. The molecule has 5 nitrogen and oxygen atoms in total. The van der Waals surface area contributed by atoms with E-state index in [4.69, 9.17) is 4.74 Å². The first-order chi connectivity index (χ1) is 12.7. The molecule has 0 saturated heterocycles. The predicted octanol–water partition coefficient (Wildman–Crippen LogP) is 3.99. The first kappa shape index (κ1) is 17.4. The number of carbonyl (C=O) groups excluding carboxylic acids is 2. The fourth-order valence-electron chi connectivity index (χ4n) is 2.50. The lowest BCUT2D eigenvalue weighted by Crippen LogP contribution is -2.37. The summed E-state index contributed by atoms with van der Waals surface area (Å²) in [5, 5.41) is 0. The van der Waals surface area contributed by atoms with Crippen LogP contribution in [-0.4, -0.2) is 23.0 Å². The third-order valence-corrected chi connectivity index (χ3v) is 3.78. The molecule has 130 valence electrons. The van der Waals surface area contributed by atoms with Crippen molar-refractivity contribution in [2.24, 2.45) is 0 Å². The number of amides is 1. The molecule has 3 rings (SSSR count). The molecule has 0 aliphatic rings. The first-order valence-corrected chi connectivity index (χ1v) is 8.22. The van der Waals surface area contributed by atoms with Crippen LogP contribution in [0.25, 0.3) is 0 Å². The lowest BCUT2D eigenvalue weighted by Gasteiger charge is -2.26. The summed E-state index contributed by atoms with van der Waals surface area (Å²) in [7, 11) is 0. The third-order valence-electron chi connectivity index (χ3n) is 3.78. The van der Waals surface area contributed by atoms with Gasteiger partial charge in [-0.2, -0.15) is 0 Å². The summed E-state index contributed by atoms with van der Waals surface area (Å²) >= 11 is 0. The summed E-state index contributed by atoms with van der Waals surface area (Å²) in [5.41, 5.74) is 1.71. The Balaban J connectivity index is 1.84. The van der Waals surface area contributed by atoms with Crippen LogP contribution in [0.1, 0.15) is 17.3 Å². The Morgan fingerprint density at radius 3 is 1.96 bits per heavy atom. The minimum Gasteiger partial charge on any atom is -0.449 e. The zero-order valence-corrected chi connectivity index (χ0v) is 14.3. The Kier molecular flexibility index (Phi) is 5.39. The second kappa shape index (κ2) is 8.07. The Bertz CT molecular complexity index is 828. The van der Waals surface area contributed by atoms with Crippen molar-refractivity contribution in [1.82, 2.24) is 4.98 Å². The lowest BCUT2D eigenvalue weighted by molar-refractivity contribution is -0.125. The molecule has 0 aliphatic heterocycles. The third kappa shape index (κ3) is 3.95. The molecule has 3 aromatic rings. The molecule has 0 spiro atoms. The number of para-hydroxylation sites is 2. The molecule has 1 aromatic heterocycles. The summed E-state index contributed by atoms with van der Waals surface area (Å²) in [5.74, 6) is -0.917. The highest BCUT2D eigenvalue weighted by atomic mass is 16.5. The number of rotatable bonds is 5. The van der Waals surface area contributed by atoms with Gasteiger partial charge in [0, 0.05) is 23.8 Å². The number of anilines is 2. The van der Waals surface area contributed by atoms with E-state index in [1.807, 2.05) is 60.7 Å². The van der Waals surface area contributed by atoms with Crippen LogP contribution in [0.5, 0.6) is 0 Å². The quantitative estimate of drug-likeness (QED) is 0.655. The van der Waals surface area contributed by atoms with Gasteiger partial charge >= 0.3 is 5.97 Å². The van der Waals surface area contributed by atoms with Crippen LogP contribution in [0.4, 0.5) is 11.4 Å². The molecular weight excluding hydrogens is 328 g/mol. The molecular formula is C21H18N2O3. The molecule has 1 heterocycles. The summed E-state index contributed by atoms with van der Waals surface area (Å²) in [6.45, 7) is 1.56. The largest absolute Gasteiger partial charge is 0.449 e. The van der Waals surface area contributed by atoms with Crippen LogP contribution < -0.4 is 4.90 Å². The van der Waals surface area contributed by atoms with E-state index in [-0.39, 0.29) is 5.91 Å². The molecule has 0 N–H and O–H groups in total. The number of hydrogen-bond donors (Lipinski definition) is 0. The molecule has 2 aromatic carbocycles. The van der Waals surface area contributed by atoms with E-state index in [0.29, 0.717) is 16.9 Å². The molecule has 0 radical (unpaired) electrons. The van der Waals surface area contributed by atoms with Gasteiger partial charge in [0.2, 0.25) is 0 Å². The van der Waals surface area contributed by atoms with Gasteiger partial charge < -0.3 is 4.74 Å². The zero-order chi connectivity index (χ0) is 18.4. The second-order valence-electron chi connectivity index (χ2n) is 5.63. The molecule has 0 aliphatic carbocycles. The molecule has 0 bridgehead atoms. The molecule has 26 heavy (non-hydrogen) atoms. The normalized spacial score (nSPS) is 11.4. The van der Waals surface area contributed by atoms with Gasteiger partial charge in [0.1, 0.15) is 0 Å².